The average Bonchev–Trinajstić information content (AvgIpc) is 3.57. The van der Waals surface area contributed by atoms with Crippen LogP contribution in [0.4, 0.5) is 5.82 Å². The Morgan fingerprint density at radius 3 is 1.89 bits per heavy atom. The number of anilines is 1. The molecular weight excluding hydrogens is 658 g/mol. The van der Waals surface area contributed by atoms with Gasteiger partial charge >= 0.3 is 17.9 Å². The normalized spacial score (nSPS) is 18.9. The zero-order valence-electron chi connectivity index (χ0n) is 23.9. The van der Waals surface area contributed by atoms with Gasteiger partial charge in [-0.15, -0.1) is 0 Å². The molecule has 0 saturated carbocycles. The first-order valence-electron chi connectivity index (χ1n) is 14.0. The van der Waals surface area contributed by atoms with Crippen LogP contribution in [-0.2, 0) is 18.9 Å². The van der Waals surface area contributed by atoms with E-state index in [1.54, 1.807) is 91.0 Å². The standard InChI is InChI=1S/C33H24BrN5O7/c34-27-22(16-35)24-28(36)37-18-38-29(24)39(27)30-26(46-33(42)21-14-8-3-9-15-21)25(45-32(41)20-12-6-2-7-13-20)23(44-30)17-43-31(40)19-10-4-1-5-11-19/h1-15,18,23,25-26,30H,17H2,(H2,36,37,38)/t23-,25?,26?,30-/m0/s1. The minimum Gasteiger partial charge on any atom is -0.459 e. The lowest BCUT2D eigenvalue weighted by Gasteiger charge is -2.25. The molecule has 1 saturated heterocycles. The second-order valence-corrected chi connectivity index (χ2v) is 10.9. The molecule has 12 nitrogen and oxygen atoms in total. The topological polar surface area (TPSA) is 169 Å². The van der Waals surface area contributed by atoms with Crippen LogP contribution >= 0.6 is 15.9 Å². The summed E-state index contributed by atoms with van der Waals surface area (Å²) >= 11 is 3.46. The fourth-order valence-electron chi connectivity index (χ4n) is 5.13. The summed E-state index contributed by atoms with van der Waals surface area (Å²) in [7, 11) is 0. The maximum Gasteiger partial charge on any atom is 0.338 e. The van der Waals surface area contributed by atoms with Crippen LogP contribution in [0, 0.1) is 11.3 Å². The van der Waals surface area contributed by atoms with Gasteiger partial charge in [-0.3, -0.25) is 4.57 Å². The highest BCUT2D eigenvalue weighted by atomic mass is 79.9. The van der Waals surface area contributed by atoms with E-state index in [1.807, 2.05) is 0 Å². The predicted molar refractivity (Wildman–Crippen MR) is 166 cm³/mol. The number of hydrogen-bond donors (Lipinski definition) is 1. The van der Waals surface area contributed by atoms with Crippen molar-refractivity contribution in [3.8, 4) is 6.07 Å². The van der Waals surface area contributed by atoms with Crippen LogP contribution in [0.25, 0.3) is 11.0 Å². The maximum atomic E-state index is 13.5. The summed E-state index contributed by atoms with van der Waals surface area (Å²) in [5.41, 5.74) is 7.20. The molecule has 230 valence electrons. The van der Waals surface area contributed by atoms with E-state index in [-0.39, 0.29) is 44.8 Å². The molecule has 0 radical (unpaired) electrons. The number of hydrogen-bond acceptors (Lipinski definition) is 11. The van der Waals surface area contributed by atoms with Crippen molar-refractivity contribution in [3.63, 3.8) is 0 Å². The van der Waals surface area contributed by atoms with Crippen LogP contribution in [0.3, 0.4) is 0 Å². The van der Waals surface area contributed by atoms with Crippen LogP contribution < -0.4 is 5.73 Å². The van der Waals surface area contributed by atoms with E-state index in [9.17, 15) is 19.6 Å². The molecule has 5 aromatic rings. The highest BCUT2D eigenvalue weighted by Gasteiger charge is 2.52. The van der Waals surface area contributed by atoms with E-state index in [2.05, 4.69) is 32.0 Å². The number of esters is 3. The first-order chi connectivity index (χ1) is 22.4. The molecule has 0 aliphatic carbocycles. The van der Waals surface area contributed by atoms with Crippen molar-refractivity contribution in [2.24, 2.45) is 0 Å². The molecule has 0 bridgehead atoms. The zero-order valence-corrected chi connectivity index (χ0v) is 25.4. The van der Waals surface area contributed by atoms with Crippen molar-refractivity contribution >= 4 is 50.7 Å². The predicted octanol–water partition coefficient (Wildman–Crippen LogP) is 4.85. The number of aromatic nitrogens is 3. The van der Waals surface area contributed by atoms with Gasteiger partial charge in [0.15, 0.2) is 18.4 Å². The van der Waals surface area contributed by atoms with Gasteiger partial charge in [-0.25, -0.2) is 24.4 Å². The molecular formula is C33H24BrN5O7. The number of fused-ring (bicyclic) bond motifs is 1. The first kappa shape index (κ1) is 30.4. The summed E-state index contributed by atoms with van der Waals surface area (Å²) in [6.45, 7) is -0.380. The van der Waals surface area contributed by atoms with E-state index >= 15 is 0 Å². The Kier molecular flexibility index (Phi) is 8.73. The zero-order chi connectivity index (χ0) is 32.2. The van der Waals surface area contributed by atoms with E-state index in [0.29, 0.717) is 5.56 Å². The summed E-state index contributed by atoms with van der Waals surface area (Å²) < 4.78 is 25.7. The molecule has 2 N–H and O–H groups in total. The van der Waals surface area contributed by atoms with Crippen molar-refractivity contribution in [1.82, 2.24) is 14.5 Å². The first-order valence-corrected chi connectivity index (χ1v) is 14.8. The van der Waals surface area contributed by atoms with Crippen molar-refractivity contribution in [2.75, 3.05) is 12.3 Å². The number of benzene rings is 3. The molecule has 4 atom stereocenters. The largest absolute Gasteiger partial charge is 0.459 e. The van der Waals surface area contributed by atoms with Gasteiger partial charge in [-0.1, -0.05) is 54.6 Å². The summed E-state index contributed by atoms with van der Waals surface area (Å²) in [6, 6.07) is 26.9. The van der Waals surface area contributed by atoms with E-state index in [1.165, 1.54) is 10.9 Å². The number of carbonyl (C=O) groups is 3. The molecule has 2 aromatic heterocycles. The smallest absolute Gasteiger partial charge is 0.338 e. The molecule has 0 amide bonds. The fraction of sp³-hybridized carbons (Fsp3) is 0.152. The quantitative estimate of drug-likeness (QED) is 0.175. The van der Waals surface area contributed by atoms with E-state index in [0.717, 1.165) is 0 Å². The lowest BCUT2D eigenvalue weighted by Crippen LogP contribution is -2.41. The lowest BCUT2D eigenvalue weighted by atomic mass is 10.1. The molecule has 3 heterocycles. The summed E-state index contributed by atoms with van der Waals surface area (Å²) in [4.78, 5) is 48.1. The van der Waals surface area contributed by atoms with Gasteiger partial charge in [0.25, 0.3) is 0 Å². The Labute approximate surface area is 270 Å². The summed E-state index contributed by atoms with van der Waals surface area (Å²) in [5.74, 6) is -2.06. The molecule has 1 fully saturated rings. The lowest BCUT2D eigenvalue weighted by molar-refractivity contribution is -0.0612. The third-order valence-corrected chi connectivity index (χ3v) is 8.08. The Morgan fingerprint density at radius 1 is 0.826 bits per heavy atom. The highest BCUT2D eigenvalue weighted by molar-refractivity contribution is 9.10. The number of rotatable bonds is 8. The van der Waals surface area contributed by atoms with Crippen molar-refractivity contribution in [1.29, 1.82) is 5.26 Å². The Balaban J connectivity index is 1.44. The molecule has 1 aliphatic rings. The Morgan fingerprint density at radius 2 is 1.35 bits per heavy atom. The molecule has 1 aliphatic heterocycles. The van der Waals surface area contributed by atoms with E-state index in [4.69, 9.17) is 24.7 Å². The van der Waals surface area contributed by atoms with Crippen molar-refractivity contribution in [2.45, 2.75) is 24.5 Å². The van der Waals surface area contributed by atoms with Gasteiger partial charge in [0.1, 0.15) is 41.2 Å². The molecule has 3 aromatic carbocycles. The number of carbonyl (C=O) groups excluding carboxylic acids is 3. The average molecular weight is 682 g/mol. The number of nitrogens with two attached hydrogens (primary N) is 1. The summed E-state index contributed by atoms with van der Waals surface area (Å²) in [5, 5.41) is 10.2. The molecule has 46 heavy (non-hydrogen) atoms. The monoisotopic (exact) mass is 681 g/mol. The SMILES string of the molecule is N#Cc1c(Br)n([C@H]2O[C@@H](COC(=O)c3ccccc3)C(OC(=O)c3ccccc3)C2OC(=O)c2ccccc2)c2ncnc(N)c12. The minimum atomic E-state index is -1.32. The number of nitrogen functional groups attached to an aromatic ring is 1. The molecule has 0 spiro atoms. The van der Waals surface area contributed by atoms with Gasteiger partial charge < -0.3 is 24.7 Å². The number of nitriles is 1. The molecule has 13 heteroatoms. The van der Waals surface area contributed by atoms with Crippen LogP contribution in [0.1, 0.15) is 42.9 Å². The van der Waals surface area contributed by atoms with Gasteiger partial charge in [-0.2, -0.15) is 5.26 Å². The second-order valence-electron chi connectivity index (χ2n) is 10.1. The van der Waals surface area contributed by atoms with Gasteiger partial charge in [0.05, 0.1) is 27.6 Å². The van der Waals surface area contributed by atoms with E-state index < -0.39 is 42.4 Å². The Bertz CT molecular complexity index is 1950. The number of halogens is 1. The van der Waals surface area contributed by atoms with Gasteiger partial charge in [-0.05, 0) is 52.3 Å². The van der Waals surface area contributed by atoms with Crippen molar-refractivity contribution in [3.05, 3.63) is 124 Å². The summed E-state index contributed by atoms with van der Waals surface area (Å²) in [6.07, 6.45) is -3.77. The number of nitrogens with zero attached hydrogens (tertiary/aromatic N) is 4. The van der Waals surface area contributed by atoms with Crippen LogP contribution in [0.15, 0.2) is 102 Å². The third-order valence-electron chi connectivity index (χ3n) is 7.30. The highest BCUT2D eigenvalue weighted by Crippen LogP contribution is 2.42. The third kappa shape index (κ3) is 5.91. The Hall–Kier alpha value is -5.58. The molecule has 2 unspecified atom stereocenters. The van der Waals surface area contributed by atoms with Crippen LogP contribution in [0.5, 0.6) is 0 Å². The minimum absolute atomic E-state index is 0.0391. The van der Waals surface area contributed by atoms with Gasteiger partial charge in [0, 0.05) is 0 Å². The van der Waals surface area contributed by atoms with Crippen molar-refractivity contribution < 1.29 is 33.3 Å². The molecule has 6 rings (SSSR count). The fourth-order valence-corrected chi connectivity index (χ4v) is 5.78. The van der Waals surface area contributed by atoms with Crippen LogP contribution in [0.2, 0.25) is 0 Å². The second kappa shape index (κ2) is 13.2. The maximum absolute atomic E-state index is 13.5. The van der Waals surface area contributed by atoms with Crippen LogP contribution in [-0.4, -0.2) is 57.4 Å². The van der Waals surface area contributed by atoms with Gasteiger partial charge in [0.2, 0.25) is 0 Å². The number of ether oxygens (including phenoxy) is 4.